The largest absolute Gasteiger partial charge is 0.311 e. The minimum absolute atomic E-state index is 0.685. The molecule has 20 heavy (non-hydrogen) atoms. The third-order valence-corrected chi connectivity index (χ3v) is 5.28. The monoisotopic (exact) mass is 281 g/mol. The molecule has 0 radical (unpaired) electrons. The van der Waals surface area contributed by atoms with Crippen LogP contribution in [-0.4, -0.2) is 61.7 Å². The van der Waals surface area contributed by atoms with E-state index in [9.17, 15) is 0 Å². The molecule has 2 heterocycles. The molecule has 2 aliphatic heterocycles. The first kappa shape index (κ1) is 16.3. The van der Waals surface area contributed by atoms with Gasteiger partial charge in [-0.25, -0.2) is 0 Å². The molecule has 0 aromatic rings. The number of hydrogen-bond acceptors (Lipinski definition) is 3. The molecule has 2 aliphatic rings. The zero-order valence-corrected chi connectivity index (χ0v) is 13.9. The van der Waals surface area contributed by atoms with Gasteiger partial charge in [0.2, 0.25) is 0 Å². The van der Waals surface area contributed by atoms with E-state index in [0.29, 0.717) is 6.04 Å². The highest BCUT2D eigenvalue weighted by Crippen LogP contribution is 2.20. The summed E-state index contributed by atoms with van der Waals surface area (Å²) >= 11 is 0. The fraction of sp³-hybridized carbons (Fsp3) is 1.00. The van der Waals surface area contributed by atoms with Crippen LogP contribution in [0.2, 0.25) is 0 Å². The van der Waals surface area contributed by atoms with Crippen LogP contribution < -0.4 is 5.32 Å². The smallest absolute Gasteiger partial charge is 0.00940 e. The summed E-state index contributed by atoms with van der Waals surface area (Å²) in [6.45, 7) is 11.2. The summed E-state index contributed by atoms with van der Waals surface area (Å²) in [5.74, 6) is 0.854. The average Bonchev–Trinajstić information content (AvgIpc) is 2.46. The SMILES string of the molecule is CCCCN1CCC(NC(C)C2CCCN(C)C2)CC1. The van der Waals surface area contributed by atoms with Crippen molar-refractivity contribution in [3.63, 3.8) is 0 Å². The molecule has 0 saturated carbocycles. The number of rotatable bonds is 6. The molecule has 0 aromatic carbocycles. The molecule has 3 nitrogen and oxygen atoms in total. The second kappa shape index (κ2) is 8.35. The zero-order valence-electron chi connectivity index (χ0n) is 13.9. The number of likely N-dealkylation sites (tertiary alicyclic amines) is 2. The van der Waals surface area contributed by atoms with Gasteiger partial charge in [-0.3, -0.25) is 0 Å². The Bertz CT molecular complexity index is 261. The summed E-state index contributed by atoms with van der Waals surface area (Å²) < 4.78 is 0. The third kappa shape index (κ3) is 5.01. The van der Waals surface area contributed by atoms with Crippen LogP contribution >= 0.6 is 0 Å². The number of piperidine rings is 2. The molecule has 2 fully saturated rings. The van der Waals surface area contributed by atoms with Crippen molar-refractivity contribution in [1.82, 2.24) is 15.1 Å². The van der Waals surface area contributed by atoms with E-state index in [1.54, 1.807) is 0 Å². The lowest BCUT2D eigenvalue weighted by Gasteiger charge is -2.38. The number of nitrogens with zero attached hydrogens (tertiary/aromatic N) is 2. The summed E-state index contributed by atoms with van der Waals surface area (Å²) in [6, 6.07) is 1.44. The highest BCUT2D eigenvalue weighted by atomic mass is 15.1. The number of nitrogens with one attached hydrogen (secondary N) is 1. The van der Waals surface area contributed by atoms with Gasteiger partial charge in [0.15, 0.2) is 0 Å². The molecular weight excluding hydrogens is 246 g/mol. The molecule has 0 bridgehead atoms. The Labute approximate surface area is 126 Å². The van der Waals surface area contributed by atoms with Crippen molar-refractivity contribution in [3.8, 4) is 0 Å². The normalized spacial score (nSPS) is 28.6. The Balaban J connectivity index is 1.66. The Morgan fingerprint density at radius 2 is 1.90 bits per heavy atom. The lowest BCUT2D eigenvalue weighted by molar-refractivity contribution is 0.149. The summed E-state index contributed by atoms with van der Waals surface area (Å²) in [4.78, 5) is 5.15. The van der Waals surface area contributed by atoms with Gasteiger partial charge in [0, 0.05) is 18.6 Å². The first-order chi connectivity index (χ1) is 9.69. The maximum atomic E-state index is 3.93. The van der Waals surface area contributed by atoms with E-state index in [0.717, 1.165) is 12.0 Å². The zero-order chi connectivity index (χ0) is 14.4. The Hall–Kier alpha value is -0.120. The van der Waals surface area contributed by atoms with Crippen LogP contribution in [0.15, 0.2) is 0 Å². The quantitative estimate of drug-likeness (QED) is 0.807. The first-order valence-corrected chi connectivity index (χ1v) is 8.86. The standard InChI is InChI=1S/C17H35N3/c1-4-5-11-20-12-8-17(9-13-20)18-15(2)16-7-6-10-19(3)14-16/h15-18H,4-14H2,1-3H3. The van der Waals surface area contributed by atoms with Gasteiger partial charge < -0.3 is 15.1 Å². The number of unbranched alkanes of at least 4 members (excludes halogenated alkanes) is 1. The van der Waals surface area contributed by atoms with Crippen LogP contribution in [0.25, 0.3) is 0 Å². The van der Waals surface area contributed by atoms with Gasteiger partial charge >= 0.3 is 0 Å². The highest BCUT2D eigenvalue weighted by molar-refractivity contribution is 4.84. The van der Waals surface area contributed by atoms with Gasteiger partial charge in [-0.2, -0.15) is 0 Å². The Morgan fingerprint density at radius 3 is 2.55 bits per heavy atom. The summed E-state index contributed by atoms with van der Waals surface area (Å²) in [7, 11) is 2.27. The highest BCUT2D eigenvalue weighted by Gasteiger charge is 2.26. The van der Waals surface area contributed by atoms with Gasteiger partial charge in [0.05, 0.1) is 0 Å². The summed E-state index contributed by atoms with van der Waals surface area (Å²) in [5.41, 5.74) is 0. The van der Waals surface area contributed by atoms with Crippen LogP contribution in [-0.2, 0) is 0 Å². The molecule has 0 aliphatic carbocycles. The van der Waals surface area contributed by atoms with E-state index < -0.39 is 0 Å². The maximum absolute atomic E-state index is 3.93. The lowest BCUT2D eigenvalue weighted by atomic mass is 9.90. The predicted octanol–water partition coefficient (Wildman–Crippen LogP) is 2.57. The molecule has 0 amide bonds. The van der Waals surface area contributed by atoms with Gasteiger partial charge in [-0.1, -0.05) is 13.3 Å². The molecule has 1 N–H and O–H groups in total. The van der Waals surface area contributed by atoms with E-state index >= 15 is 0 Å². The van der Waals surface area contributed by atoms with E-state index in [1.807, 2.05) is 0 Å². The van der Waals surface area contributed by atoms with Crippen molar-refractivity contribution < 1.29 is 0 Å². The van der Waals surface area contributed by atoms with Crippen molar-refractivity contribution in [3.05, 3.63) is 0 Å². The van der Waals surface area contributed by atoms with Crippen molar-refractivity contribution in [2.45, 2.75) is 64.5 Å². The maximum Gasteiger partial charge on any atom is 0.00940 e. The average molecular weight is 281 g/mol. The molecule has 3 heteroatoms. The third-order valence-electron chi connectivity index (χ3n) is 5.28. The minimum atomic E-state index is 0.685. The minimum Gasteiger partial charge on any atom is -0.311 e. The van der Waals surface area contributed by atoms with Crippen LogP contribution in [0.5, 0.6) is 0 Å². The number of hydrogen-bond donors (Lipinski definition) is 1. The van der Waals surface area contributed by atoms with Gasteiger partial charge in [0.1, 0.15) is 0 Å². The molecule has 0 aromatic heterocycles. The summed E-state index contributed by atoms with van der Waals surface area (Å²) in [5, 5.41) is 3.93. The van der Waals surface area contributed by atoms with E-state index in [4.69, 9.17) is 0 Å². The van der Waals surface area contributed by atoms with E-state index in [1.165, 1.54) is 71.2 Å². The molecular formula is C17H35N3. The second-order valence-electron chi connectivity index (χ2n) is 7.09. The van der Waals surface area contributed by atoms with Crippen molar-refractivity contribution >= 4 is 0 Å². The fourth-order valence-corrected chi connectivity index (χ4v) is 3.83. The van der Waals surface area contributed by atoms with Crippen LogP contribution in [0, 0.1) is 5.92 Å². The molecule has 2 atom stereocenters. The van der Waals surface area contributed by atoms with Gasteiger partial charge in [0.25, 0.3) is 0 Å². The molecule has 2 saturated heterocycles. The van der Waals surface area contributed by atoms with Gasteiger partial charge in [-0.15, -0.1) is 0 Å². The molecule has 2 unspecified atom stereocenters. The van der Waals surface area contributed by atoms with E-state index in [-0.39, 0.29) is 0 Å². The molecule has 2 rings (SSSR count). The van der Waals surface area contributed by atoms with Crippen molar-refractivity contribution in [2.24, 2.45) is 5.92 Å². The fourth-order valence-electron chi connectivity index (χ4n) is 3.83. The lowest BCUT2D eigenvalue weighted by Crippen LogP contribution is -2.50. The predicted molar refractivity (Wildman–Crippen MR) is 87.2 cm³/mol. The topological polar surface area (TPSA) is 18.5 Å². The second-order valence-corrected chi connectivity index (χ2v) is 7.09. The van der Waals surface area contributed by atoms with Crippen LogP contribution in [0.4, 0.5) is 0 Å². The van der Waals surface area contributed by atoms with Crippen molar-refractivity contribution in [2.75, 3.05) is 39.8 Å². The summed E-state index contributed by atoms with van der Waals surface area (Å²) in [6.07, 6.45) is 8.16. The van der Waals surface area contributed by atoms with Crippen molar-refractivity contribution in [1.29, 1.82) is 0 Å². The van der Waals surface area contributed by atoms with Crippen LogP contribution in [0.1, 0.15) is 52.4 Å². The first-order valence-electron chi connectivity index (χ1n) is 8.86. The van der Waals surface area contributed by atoms with Crippen LogP contribution in [0.3, 0.4) is 0 Å². The Morgan fingerprint density at radius 1 is 1.15 bits per heavy atom. The molecule has 118 valence electrons. The van der Waals surface area contributed by atoms with E-state index in [2.05, 4.69) is 36.0 Å². The molecule has 0 spiro atoms. The van der Waals surface area contributed by atoms with Gasteiger partial charge in [-0.05, 0) is 78.2 Å². The Kier molecular flexibility index (Phi) is 6.79.